The topological polar surface area (TPSA) is 9.23 Å². The van der Waals surface area contributed by atoms with E-state index in [9.17, 15) is 0 Å². The predicted molar refractivity (Wildman–Crippen MR) is 76.7 cm³/mol. The summed E-state index contributed by atoms with van der Waals surface area (Å²) >= 11 is 0. The van der Waals surface area contributed by atoms with Gasteiger partial charge in [-0.1, -0.05) is 32.0 Å². The van der Waals surface area contributed by atoms with Crippen molar-refractivity contribution in [2.75, 3.05) is 5.75 Å². The van der Waals surface area contributed by atoms with Gasteiger partial charge in [-0.3, -0.25) is 0 Å². The van der Waals surface area contributed by atoms with E-state index in [4.69, 9.17) is 4.18 Å². The van der Waals surface area contributed by atoms with Crippen molar-refractivity contribution >= 4 is 10.7 Å². The molecule has 2 aliphatic carbocycles. The second-order valence-electron chi connectivity index (χ2n) is 6.99. The molecule has 2 saturated carbocycles. The first-order chi connectivity index (χ1) is 8.98. The van der Waals surface area contributed by atoms with Gasteiger partial charge in [0.1, 0.15) is 0 Å². The van der Waals surface area contributed by atoms with E-state index in [1.165, 1.54) is 6.42 Å². The third kappa shape index (κ3) is 1.36. The van der Waals surface area contributed by atoms with Gasteiger partial charge in [-0.05, 0) is 42.7 Å². The van der Waals surface area contributed by atoms with E-state index in [0.717, 1.165) is 23.7 Å². The Hall–Kier alpha value is -0.540. The van der Waals surface area contributed by atoms with Gasteiger partial charge < -0.3 is 4.18 Å². The van der Waals surface area contributed by atoms with Crippen LogP contribution in [-0.2, 0) is 4.18 Å². The Morgan fingerprint density at radius 1 is 1.26 bits per heavy atom. The number of hydrogen-bond donors (Lipinski definition) is 0. The van der Waals surface area contributed by atoms with Crippen LogP contribution in [-0.4, -0.2) is 11.9 Å². The molecular weight excluding hydrogens is 259 g/mol. The number of halogens is 1. The fourth-order valence-corrected chi connectivity index (χ4v) is 7.69. The molecule has 0 radical (unpaired) electrons. The summed E-state index contributed by atoms with van der Waals surface area (Å²) in [6.07, 6.45) is 3.64. The number of fused-ring (bicyclic) bond motifs is 1. The molecule has 4 atom stereocenters. The zero-order valence-corrected chi connectivity index (χ0v) is 12.4. The largest absolute Gasteiger partial charge is 0.301 e. The van der Waals surface area contributed by atoms with Crippen LogP contribution in [0.25, 0.3) is 0 Å². The highest BCUT2D eigenvalue weighted by atomic mass is 32.3. The van der Waals surface area contributed by atoms with Crippen LogP contribution in [0.1, 0.15) is 33.1 Å². The summed E-state index contributed by atoms with van der Waals surface area (Å²) in [7, 11) is -2.56. The van der Waals surface area contributed by atoms with E-state index in [2.05, 4.69) is 13.8 Å². The first-order valence-electron chi connectivity index (χ1n) is 7.22. The Labute approximate surface area is 116 Å². The Bertz CT molecular complexity index is 517. The maximum absolute atomic E-state index is 15.4. The van der Waals surface area contributed by atoms with Crippen molar-refractivity contribution in [1.29, 1.82) is 0 Å². The number of rotatable bonds is 1. The van der Waals surface area contributed by atoms with Crippen molar-refractivity contribution in [1.82, 2.24) is 0 Å². The lowest BCUT2D eigenvalue weighted by molar-refractivity contribution is 0.0720. The van der Waals surface area contributed by atoms with E-state index >= 15 is 3.89 Å². The van der Waals surface area contributed by atoms with E-state index < -0.39 is 10.7 Å². The molecule has 4 rings (SSSR count). The lowest BCUT2D eigenvalue weighted by Crippen LogP contribution is -2.37. The Morgan fingerprint density at radius 2 is 2.00 bits per heavy atom. The quantitative estimate of drug-likeness (QED) is 0.712. The van der Waals surface area contributed by atoms with Gasteiger partial charge in [-0.2, -0.15) is 3.89 Å². The maximum atomic E-state index is 15.4. The van der Waals surface area contributed by atoms with E-state index in [-0.39, 0.29) is 16.9 Å². The van der Waals surface area contributed by atoms with Crippen molar-refractivity contribution in [3.8, 4) is 0 Å². The molecule has 0 amide bonds. The molecule has 3 aliphatic rings. The zero-order valence-electron chi connectivity index (χ0n) is 11.6. The second kappa shape index (κ2) is 3.56. The molecule has 1 aromatic rings. The van der Waals surface area contributed by atoms with E-state index in [1.54, 1.807) is 0 Å². The van der Waals surface area contributed by atoms with E-state index in [0.29, 0.717) is 5.75 Å². The van der Waals surface area contributed by atoms with Crippen LogP contribution >= 0.6 is 10.7 Å². The minimum atomic E-state index is -2.56. The maximum Gasteiger partial charge on any atom is 0.0807 e. The van der Waals surface area contributed by atoms with Gasteiger partial charge in [0.2, 0.25) is 0 Å². The lowest BCUT2D eigenvalue weighted by atomic mass is 9.70. The first-order valence-corrected chi connectivity index (χ1v) is 8.85. The fourth-order valence-electron chi connectivity index (χ4n) is 4.79. The van der Waals surface area contributed by atoms with Crippen molar-refractivity contribution in [2.45, 2.75) is 44.1 Å². The summed E-state index contributed by atoms with van der Waals surface area (Å²) < 4.78 is 21.5. The average Bonchev–Trinajstić information content (AvgIpc) is 2.91. The summed E-state index contributed by atoms with van der Waals surface area (Å²) in [6.45, 7) is 4.68. The molecule has 1 nitrogen and oxygen atoms in total. The molecule has 3 fully saturated rings. The van der Waals surface area contributed by atoms with Gasteiger partial charge in [0.15, 0.2) is 0 Å². The highest BCUT2D eigenvalue weighted by Crippen LogP contribution is 2.79. The molecule has 3 heteroatoms. The van der Waals surface area contributed by atoms with Gasteiger partial charge in [-0.15, -0.1) is 0 Å². The minimum absolute atomic E-state index is 0.0948. The molecule has 1 aromatic carbocycles. The van der Waals surface area contributed by atoms with E-state index in [1.807, 2.05) is 30.3 Å². The van der Waals surface area contributed by atoms with Gasteiger partial charge in [-0.25, -0.2) is 0 Å². The molecule has 1 heterocycles. The molecule has 1 saturated heterocycles. The van der Waals surface area contributed by atoms with Gasteiger partial charge >= 0.3 is 0 Å². The SMILES string of the molecule is CC1(C)[C@@H]2CC[C@]13CS(F)(c1ccccc1)O[C@@H]3C2. The van der Waals surface area contributed by atoms with Crippen molar-refractivity contribution in [3.63, 3.8) is 0 Å². The van der Waals surface area contributed by atoms with Crippen molar-refractivity contribution in [2.24, 2.45) is 16.7 Å². The summed E-state index contributed by atoms with van der Waals surface area (Å²) in [5, 5.41) is 0. The van der Waals surface area contributed by atoms with Crippen molar-refractivity contribution < 1.29 is 8.07 Å². The number of hydrogen-bond acceptors (Lipinski definition) is 1. The average molecular weight is 280 g/mol. The van der Waals surface area contributed by atoms with Crippen LogP contribution in [0.4, 0.5) is 3.89 Å². The number of benzene rings is 1. The molecule has 2 bridgehead atoms. The monoisotopic (exact) mass is 280 g/mol. The van der Waals surface area contributed by atoms with Crippen LogP contribution in [0.2, 0.25) is 0 Å². The van der Waals surface area contributed by atoms with Crippen LogP contribution in [0.5, 0.6) is 0 Å². The Kier molecular flexibility index (Phi) is 2.29. The summed E-state index contributed by atoms with van der Waals surface area (Å²) in [6, 6.07) is 9.57. The first kappa shape index (κ1) is 12.2. The minimum Gasteiger partial charge on any atom is -0.301 e. The van der Waals surface area contributed by atoms with Gasteiger partial charge in [0, 0.05) is 26.8 Å². The fraction of sp³-hybridized carbons (Fsp3) is 0.625. The standard InChI is InChI=1S/C16H21FOS/c1-15(2)12-8-9-16(15)11-19(17,18-14(16)10-12)13-6-4-3-5-7-13/h3-7,12,14H,8-11H2,1-2H3/t12-,14-,16-/m1/s1. The third-order valence-electron chi connectivity index (χ3n) is 6.16. The predicted octanol–water partition coefficient (Wildman–Crippen LogP) is 4.87. The van der Waals surface area contributed by atoms with Gasteiger partial charge in [0.25, 0.3) is 0 Å². The normalized spacial score (nSPS) is 49.8. The van der Waals surface area contributed by atoms with Crippen molar-refractivity contribution in [3.05, 3.63) is 30.3 Å². The van der Waals surface area contributed by atoms with Crippen LogP contribution in [0.3, 0.4) is 0 Å². The third-order valence-corrected chi connectivity index (χ3v) is 8.56. The summed E-state index contributed by atoms with van der Waals surface area (Å²) in [5.41, 5.74) is 0.338. The van der Waals surface area contributed by atoms with Crippen LogP contribution in [0, 0.1) is 16.7 Å². The highest BCUT2D eigenvalue weighted by Gasteiger charge is 2.70. The molecule has 0 aromatic heterocycles. The van der Waals surface area contributed by atoms with Crippen LogP contribution in [0.15, 0.2) is 35.2 Å². The zero-order chi connectivity index (χ0) is 13.3. The molecule has 19 heavy (non-hydrogen) atoms. The smallest absolute Gasteiger partial charge is 0.0807 e. The summed E-state index contributed by atoms with van der Waals surface area (Å²) in [5.74, 6) is 1.36. The molecule has 0 N–H and O–H groups in total. The Balaban J connectivity index is 1.75. The Morgan fingerprint density at radius 3 is 2.63 bits per heavy atom. The van der Waals surface area contributed by atoms with Gasteiger partial charge in [0.05, 0.1) is 6.10 Å². The highest BCUT2D eigenvalue weighted by molar-refractivity contribution is 8.25. The molecule has 104 valence electrons. The molecule has 1 spiro atoms. The molecule has 1 unspecified atom stereocenters. The van der Waals surface area contributed by atoms with Crippen LogP contribution < -0.4 is 0 Å². The summed E-state index contributed by atoms with van der Waals surface area (Å²) in [4.78, 5) is 0.776. The lowest BCUT2D eigenvalue weighted by Gasteiger charge is -2.37. The molecule has 1 aliphatic heterocycles. The molecular formula is C16H21FOS. The second-order valence-corrected chi connectivity index (χ2v) is 9.13.